The lowest BCUT2D eigenvalue weighted by atomic mass is 9.68. The predicted octanol–water partition coefficient (Wildman–Crippen LogP) is 4.65. The summed E-state index contributed by atoms with van der Waals surface area (Å²) < 4.78 is 11.1. The summed E-state index contributed by atoms with van der Waals surface area (Å²) in [5.41, 5.74) is 3.97. The van der Waals surface area contributed by atoms with E-state index in [1.807, 2.05) is 32.0 Å². The Balaban J connectivity index is 1.88. The average molecular weight is 462 g/mol. The SMILES string of the molecule is COc1ccc(OC)c([C@H]2C(C(=O)Nc3cccc(C)n3)=C(C)NC3=C2C(=O)CC(C)(C)C3)c1. The van der Waals surface area contributed by atoms with E-state index in [0.717, 1.165) is 11.4 Å². The van der Waals surface area contributed by atoms with Crippen molar-refractivity contribution in [2.45, 2.75) is 46.5 Å². The van der Waals surface area contributed by atoms with Crippen LogP contribution >= 0.6 is 0 Å². The number of allylic oxidation sites excluding steroid dienone is 3. The number of nitrogens with one attached hydrogen (secondary N) is 2. The smallest absolute Gasteiger partial charge is 0.255 e. The van der Waals surface area contributed by atoms with Crippen LogP contribution in [0, 0.1) is 12.3 Å². The zero-order chi connectivity index (χ0) is 24.6. The highest BCUT2D eigenvalue weighted by Gasteiger charge is 2.43. The van der Waals surface area contributed by atoms with Crippen molar-refractivity contribution in [3.8, 4) is 11.5 Å². The van der Waals surface area contributed by atoms with E-state index in [-0.39, 0.29) is 17.1 Å². The molecule has 1 atom stereocenters. The van der Waals surface area contributed by atoms with Gasteiger partial charge in [-0.05, 0) is 56.0 Å². The molecule has 2 N–H and O–H groups in total. The van der Waals surface area contributed by atoms with Crippen LogP contribution < -0.4 is 20.1 Å². The van der Waals surface area contributed by atoms with Crippen LogP contribution in [-0.4, -0.2) is 30.9 Å². The molecule has 34 heavy (non-hydrogen) atoms. The molecule has 0 spiro atoms. The van der Waals surface area contributed by atoms with Crippen LogP contribution in [0.3, 0.4) is 0 Å². The molecule has 1 aromatic heterocycles. The first-order valence-corrected chi connectivity index (χ1v) is 11.3. The Morgan fingerprint density at radius 2 is 1.88 bits per heavy atom. The van der Waals surface area contributed by atoms with Crippen LogP contribution in [0.5, 0.6) is 11.5 Å². The summed E-state index contributed by atoms with van der Waals surface area (Å²) in [7, 11) is 3.17. The zero-order valence-electron chi connectivity index (χ0n) is 20.5. The molecule has 0 bridgehead atoms. The molecule has 1 aromatic carbocycles. The van der Waals surface area contributed by atoms with Crippen molar-refractivity contribution in [2.24, 2.45) is 5.41 Å². The van der Waals surface area contributed by atoms with Gasteiger partial charge in [0.05, 0.1) is 20.1 Å². The van der Waals surface area contributed by atoms with Crippen molar-refractivity contribution in [2.75, 3.05) is 19.5 Å². The monoisotopic (exact) mass is 461 g/mol. The molecular formula is C27H31N3O4. The first kappa shape index (κ1) is 23.5. The number of carbonyl (C=O) groups excluding carboxylic acids is 2. The molecule has 7 nitrogen and oxygen atoms in total. The van der Waals surface area contributed by atoms with Crippen LogP contribution in [0.1, 0.15) is 50.8 Å². The zero-order valence-corrected chi connectivity index (χ0v) is 20.5. The average Bonchev–Trinajstić information content (AvgIpc) is 2.76. The van der Waals surface area contributed by atoms with E-state index >= 15 is 0 Å². The first-order valence-electron chi connectivity index (χ1n) is 11.3. The number of Topliss-reactive ketones (excluding diaryl/α,β-unsaturated/α-hetero) is 1. The van der Waals surface area contributed by atoms with Crippen molar-refractivity contribution < 1.29 is 19.1 Å². The second kappa shape index (κ2) is 8.97. The fraction of sp³-hybridized carbons (Fsp3) is 0.370. The number of dihydropyridines is 1. The number of pyridine rings is 1. The minimum Gasteiger partial charge on any atom is -0.497 e. The Bertz CT molecular complexity index is 1230. The highest BCUT2D eigenvalue weighted by Crippen LogP contribution is 2.49. The molecular weight excluding hydrogens is 430 g/mol. The molecule has 1 aliphatic carbocycles. The van der Waals surface area contributed by atoms with Gasteiger partial charge in [-0.3, -0.25) is 9.59 Å². The molecule has 7 heteroatoms. The van der Waals surface area contributed by atoms with Gasteiger partial charge < -0.3 is 20.1 Å². The topological polar surface area (TPSA) is 89.6 Å². The summed E-state index contributed by atoms with van der Waals surface area (Å²) in [5.74, 6) is 0.774. The van der Waals surface area contributed by atoms with E-state index in [9.17, 15) is 9.59 Å². The number of hydrogen-bond acceptors (Lipinski definition) is 6. The molecule has 1 aliphatic heterocycles. The molecule has 178 valence electrons. The number of hydrogen-bond donors (Lipinski definition) is 2. The largest absolute Gasteiger partial charge is 0.497 e. The third-order valence-corrected chi connectivity index (χ3v) is 6.36. The maximum Gasteiger partial charge on any atom is 0.255 e. The van der Waals surface area contributed by atoms with E-state index in [0.29, 0.717) is 52.6 Å². The summed E-state index contributed by atoms with van der Waals surface area (Å²) >= 11 is 0. The van der Waals surface area contributed by atoms with Crippen molar-refractivity contribution >= 4 is 17.5 Å². The van der Waals surface area contributed by atoms with Gasteiger partial charge in [0.1, 0.15) is 17.3 Å². The molecule has 0 fully saturated rings. The number of anilines is 1. The molecule has 2 aliphatic rings. The Kier molecular flexibility index (Phi) is 6.21. The van der Waals surface area contributed by atoms with Crippen molar-refractivity contribution in [3.63, 3.8) is 0 Å². The van der Waals surface area contributed by atoms with Gasteiger partial charge in [-0.15, -0.1) is 0 Å². The summed E-state index contributed by atoms with van der Waals surface area (Å²) in [6.07, 6.45) is 1.12. The summed E-state index contributed by atoms with van der Waals surface area (Å²) in [5, 5.41) is 6.30. The Morgan fingerprint density at radius 1 is 1.12 bits per heavy atom. The van der Waals surface area contributed by atoms with Crippen LogP contribution in [-0.2, 0) is 9.59 Å². The third-order valence-electron chi connectivity index (χ3n) is 6.36. The number of methoxy groups -OCH3 is 2. The Labute approximate surface area is 200 Å². The van der Waals surface area contributed by atoms with Crippen LogP contribution in [0.4, 0.5) is 5.82 Å². The van der Waals surface area contributed by atoms with Crippen molar-refractivity contribution in [1.29, 1.82) is 0 Å². The van der Waals surface area contributed by atoms with Gasteiger partial charge >= 0.3 is 0 Å². The van der Waals surface area contributed by atoms with E-state index in [1.54, 1.807) is 32.4 Å². The van der Waals surface area contributed by atoms with Crippen molar-refractivity contribution in [1.82, 2.24) is 10.3 Å². The lowest BCUT2D eigenvalue weighted by Crippen LogP contribution is -2.39. The van der Waals surface area contributed by atoms with Gasteiger partial charge in [0.15, 0.2) is 5.78 Å². The summed E-state index contributed by atoms with van der Waals surface area (Å²) in [6.45, 7) is 7.91. The lowest BCUT2D eigenvalue weighted by molar-refractivity contribution is -0.118. The maximum absolute atomic E-state index is 13.7. The van der Waals surface area contributed by atoms with Crippen molar-refractivity contribution in [3.05, 3.63) is 70.2 Å². The van der Waals surface area contributed by atoms with Gasteiger partial charge in [-0.2, -0.15) is 0 Å². The Hall–Kier alpha value is -3.61. The van der Waals surface area contributed by atoms with E-state index in [4.69, 9.17) is 9.47 Å². The normalized spacial score (nSPS) is 19.4. The van der Waals surface area contributed by atoms with Gasteiger partial charge in [0.25, 0.3) is 5.91 Å². The number of amides is 1. The second-order valence-electron chi connectivity index (χ2n) is 9.66. The number of ether oxygens (including phenoxy) is 2. The standard InChI is InChI=1S/C27H31N3O4/c1-15-8-7-9-22(28-15)30-26(32)23-16(2)29-19-13-27(3,4)14-20(31)25(19)24(23)18-12-17(33-5)10-11-21(18)34-6/h7-12,24,29H,13-14H2,1-6H3,(H,28,30,32)/t24-/m0/s1. The van der Waals surface area contributed by atoms with Gasteiger partial charge in [-0.25, -0.2) is 4.98 Å². The van der Waals surface area contributed by atoms with Gasteiger partial charge in [-0.1, -0.05) is 19.9 Å². The molecule has 0 saturated carbocycles. The highest BCUT2D eigenvalue weighted by atomic mass is 16.5. The second-order valence-corrected chi connectivity index (χ2v) is 9.66. The lowest BCUT2D eigenvalue weighted by Gasteiger charge is -2.40. The number of aromatic nitrogens is 1. The summed E-state index contributed by atoms with van der Waals surface area (Å²) in [6, 6.07) is 10.9. The van der Waals surface area contributed by atoms with Gasteiger partial charge in [0, 0.05) is 40.2 Å². The van der Waals surface area contributed by atoms with E-state index in [2.05, 4.69) is 29.5 Å². The minimum absolute atomic E-state index is 0.0279. The molecule has 0 unspecified atom stereocenters. The molecule has 4 rings (SSSR count). The molecule has 2 heterocycles. The number of nitrogens with zero attached hydrogens (tertiary/aromatic N) is 1. The number of rotatable bonds is 5. The maximum atomic E-state index is 13.7. The molecule has 2 aromatic rings. The fourth-order valence-corrected chi connectivity index (χ4v) is 4.91. The first-order chi connectivity index (χ1) is 16.1. The minimum atomic E-state index is -0.602. The van der Waals surface area contributed by atoms with Crippen LogP contribution in [0.2, 0.25) is 0 Å². The number of ketones is 1. The van der Waals surface area contributed by atoms with E-state index in [1.165, 1.54) is 0 Å². The quantitative estimate of drug-likeness (QED) is 0.674. The highest BCUT2D eigenvalue weighted by molar-refractivity contribution is 6.09. The number of benzene rings is 1. The number of carbonyl (C=O) groups is 2. The predicted molar refractivity (Wildman–Crippen MR) is 131 cm³/mol. The van der Waals surface area contributed by atoms with Crippen LogP contribution in [0.25, 0.3) is 0 Å². The fourth-order valence-electron chi connectivity index (χ4n) is 4.91. The Morgan fingerprint density at radius 3 is 2.56 bits per heavy atom. The van der Waals surface area contributed by atoms with Gasteiger partial charge in [0.2, 0.25) is 0 Å². The van der Waals surface area contributed by atoms with E-state index < -0.39 is 5.92 Å². The number of aryl methyl sites for hydroxylation is 1. The summed E-state index contributed by atoms with van der Waals surface area (Å²) in [4.78, 5) is 31.6. The molecule has 0 radical (unpaired) electrons. The third kappa shape index (κ3) is 4.42. The molecule has 0 saturated heterocycles. The van der Waals surface area contributed by atoms with Crippen LogP contribution in [0.15, 0.2) is 58.9 Å². The molecule has 1 amide bonds.